The van der Waals surface area contributed by atoms with Crippen LogP contribution < -0.4 is 11.9 Å². The molecule has 0 unspecified atom stereocenters. The lowest BCUT2D eigenvalue weighted by molar-refractivity contribution is -0.742. The summed E-state index contributed by atoms with van der Waals surface area (Å²) in [5.74, 6) is -0.968. The molecule has 0 aromatic carbocycles. The Labute approximate surface area is 55.9 Å². The van der Waals surface area contributed by atoms with Crippen molar-refractivity contribution < 1.29 is 20.2 Å². The maximum absolute atomic E-state index is 9.24. The molecule has 8 nitrogen and oxygen atoms in total. The van der Waals surface area contributed by atoms with E-state index in [1.165, 1.54) is 0 Å². The normalized spacial score (nSPS) is 6.10. The Morgan fingerprint density at radius 3 is 1.80 bits per heavy atom. The highest BCUT2D eigenvalue weighted by Crippen LogP contribution is 1.43. The van der Waals surface area contributed by atoms with Gasteiger partial charge in [-0.15, -0.1) is 10.1 Å². The number of hydrogen-bond acceptors (Lipinski definition) is 5. The summed E-state index contributed by atoms with van der Waals surface area (Å²) >= 11 is 0. The van der Waals surface area contributed by atoms with Crippen molar-refractivity contribution in [1.29, 1.82) is 0 Å². The molecule has 0 bridgehead atoms. The van der Waals surface area contributed by atoms with Crippen LogP contribution in [0.15, 0.2) is 0 Å². The largest absolute Gasteiger partial charge is 0.480 e. The highest BCUT2D eigenvalue weighted by Gasteiger charge is 1.81. The summed E-state index contributed by atoms with van der Waals surface area (Å²) in [5.41, 5.74) is 4.57. The van der Waals surface area contributed by atoms with Crippen molar-refractivity contribution >= 4 is 5.97 Å². The second kappa shape index (κ2) is 10.5. The first kappa shape index (κ1) is 15.8. The van der Waals surface area contributed by atoms with Crippen molar-refractivity contribution in [3.63, 3.8) is 0 Å². The first-order valence-corrected chi connectivity index (χ1v) is 1.75. The minimum absolute atomic E-state index is 0. The summed E-state index contributed by atoms with van der Waals surface area (Å²) < 4.78 is 0. The zero-order valence-corrected chi connectivity index (χ0v) is 5.06. The highest BCUT2D eigenvalue weighted by atomic mass is 16.9. The summed E-state index contributed by atoms with van der Waals surface area (Å²) in [6.07, 6.45) is 0. The van der Waals surface area contributed by atoms with Crippen LogP contribution in [0.1, 0.15) is 0 Å². The Bertz CT molecular complexity index is 99.1. The van der Waals surface area contributed by atoms with Crippen LogP contribution in [-0.4, -0.2) is 27.9 Å². The second-order valence-corrected chi connectivity index (χ2v) is 0.836. The summed E-state index contributed by atoms with van der Waals surface area (Å²) in [4.78, 5) is 17.6. The number of nitrogens with two attached hydrogens (primary N) is 1. The van der Waals surface area contributed by atoms with Gasteiger partial charge in [0, 0.05) is 0 Å². The van der Waals surface area contributed by atoms with Crippen molar-refractivity contribution in [1.82, 2.24) is 6.15 Å². The zero-order chi connectivity index (χ0) is 7.86. The summed E-state index contributed by atoms with van der Waals surface area (Å²) in [6.45, 7) is -0.278. The van der Waals surface area contributed by atoms with E-state index in [4.69, 9.17) is 20.4 Å². The average molecular weight is 155 g/mol. The molecule has 0 amide bonds. The molecule has 10 heavy (non-hydrogen) atoms. The van der Waals surface area contributed by atoms with Gasteiger partial charge in [0.15, 0.2) is 0 Å². The maximum Gasteiger partial charge on any atom is 0.317 e. The maximum atomic E-state index is 9.24. The molecule has 0 aliphatic rings. The third-order valence-corrected chi connectivity index (χ3v) is 0.175. The second-order valence-electron chi connectivity index (χ2n) is 0.836. The van der Waals surface area contributed by atoms with Crippen LogP contribution in [0.5, 0.6) is 0 Å². The molecule has 8 heteroatoms. The van der Waals surface area contributed by atoms with E-state index in [9.17, 15) is 4.79 Å². The predicted octanol–water partition coefficient (Wildman–Crippen LogP) is -1.16. The molecule has 0 aliphatic carbocycles. The van der Waals surface area contributed by atoms with Crippen molar-refractivity contribution in [3.8, 4) is 0 Å². The van der Waals surface area contributed by atoms with E-state index in [0.29, 0.717) is 0 Å². The zero-order valence-electron chi connectivity index (χ0n) is 5.06. The SMILES string of the molecule is N.NCC(=O)O.O=[N+]([O-])O. The van der Waals surface area contributed by atoms with Gasteiger partial charge in [-0.2, -0.15) is 0 Å². The van der Waals surface area contributed by atoms with Gasteiger partial charge in [0.25, 0.3) is 5.09 Å². The molecule has 0 aromatic rings. The van der Waals surface area contributed by atoms with E-state index in [1.807, 2.05) is 0 Å². The van der Waals surface area contributed by atoms with Gasteiger partial charge in [-0.1, -0.05) is 0 Å². The van der Waals surface area contributed by atoms with Crippen LogP contribution in [0.4, 0.5) is 0 Å². The number of carbonyl (C=O) groups is 1. The van der Waals surface area contributed by atoms with Crippen molar-refractivity contribution in [2.45, 2.75) is 0 Å². The molecule has 0 heterocycles. The third kappa shape index (κ3) is 592. The number of aliphatic carboxylic acids is 1. The lowest BCUT2D eigenvalue weighted by Crippen LogP contribution is -2.10. The van der Waals surface area contributed by atoms with Gasteiger partial charge in [-0.05, 0) is 0 Å². The Hall–Kier alpha value is -1.41. The Morgan fingerprint density at radius 2 is 1.80 bits per heavy atom. The molecular formula is C2H9N3O5. The number of rotatable bonds is 1. The average Bonchev–Trinajstić information content (AvgIpc) is 1.65. The lowest BCUT2D eigenvalue weighted by atomic mass is 10.7. The number of carboxylic acids is 1. The summed E-state index contributed by atoms with van der Waals surface area (Å²) in [5, 5.41) is 21.2. The van der Waals surface area contributed by atoms with E-state index in [0.717, 1.165) is 0 Å². The quantitative estimate of drug-likeness (QED) is 0.274. The fourth-order valence-electron chi connectivity index (χ4n) is 0. The minimum atomic E-state index is -1.50. The fraction of sp³-hybridized carbons (Fsp3) is 0.500. The van der Waals surface area contributed by atoms with Crippen molar-refractivity contribution in [3.05, 3.63) is 10.1 Å². The van der Waals surface area contributed by atoms with Gasteiger partial charge in [-0.25, -0.2) is 0 Å². The molecule has 0 aliphatic heterocycles. The van der Waals surface area contributed by atoms with Crippen LogP contribution in [0, 0.1) is 10.1 Å². The van der Waals surface area contributed by atoms with Crippen LogP contribution in [-0.2, 0) is 4.79 Å². The van der Waals surface area contributed by atoms with Crippen molar-refractivity contribution in [2.75, 3.05) is 6.54 Å². The molecule has 0 saturated heterocycles. The van der Waals surface area contributed by atoms with Gasteiger partial charge >= 0.3 is 5.97 Å². The number of hydrogen-bond donors (Lipinski definition) is 4. The molecule has 7 N–H and O–H groups in total. The first-order chi connectivity index (χ1) is 4.00. The fourth-order valence-corrected chi connectivity index (χ4v) is 0. The van der Waals surface area contributed by atoms with Gasteiger partial charge in [0.1, 0.15) is 0 Å². The Balaban J connectivity index is -0.0000000910. The molecule has 0 spiro atoms. The molecule has 0 fully saturated rings. The van der Waals surface area contributed by atoms with Crippen LogP contribution >= 0.6 is 0 Å². The van der Waals surface area contributed by atoms with Crippen LogP contribution in [0.2, 0.25) is 0 Å². The summed E-state index contributed by atoms with van der Waals surface area (Å²) in [7, 11) is 0. The topological polar surface area (TPSA) is 162 Å². The van der Waals surface area contributed by atoms with Gasteiger partial charge < -0.3 is 22.2 Å². The first-order valence-electron chi connectivity index (χ1n) is 1.75. The van der Waals surface area contributed by atoms with E-state index >= 15 is 0 Å². The molecule has 0 radical (unpaired) electrons. The molecule has 0 atom stereocenters. The Kier molecular flexibility index (Phi) is 16.7. The minimum Gasteiger partial charge on any atom is -0.480 e. The predicted molar refractivity (Wildman–Crippen MR) is 30.5 cm³/mol. The standard InChI is InChI=1S/C2H5NO2.HNO3.H3N/c3-1-2(4)5;2-1(3)4;/h1,3H2,(H,4,5);(H,2,3,4);1H3. The van der Waals surface area contributed by atoms with E-state index in [2.05, 4.69) is 5.73 Å². The van der Waals surface area contributed by atoms with E-state index < -0.39 is 11.1 Å². The number of carboxylic acid groups (broad SMARTS) is 1. The third-order valence-electron chi connectivity index (χ3n) is 0.175. The molecule has 0 aromatic heterocycles. The number of nitrogens with zero attached hydrogens (tertiary/aromatic N) is 1. The molecule has 0 saturated carbocycles. The van der Waals surface area contributed by atoms with E-state index in [1.54, 1.807) is 0 Å². The van der Waals surface area contributed by atoms with Crippen molar-refractivity contribution in [2.24, 2.45) is 5.73 Å². The molecular weight excluding hydrogens is 146 g/mol. The van der Waals surface area contributed by atoms with Gasteiger partial charge in [0.05, 0.1) is 6.54 Å². The molecule has 62 valence electrons. The monoisotopic (exact) mass is 155 g/mol. The van der Waals surface area contributed by atoms with Crippen LogP contribution in [0.3, 0.4) is 0 Å². The van der Waals surface area contributed by atoms with Crippen LogP contribution in [0.25, 0.3) is 0 Å². The smallest absolute Gasteiger partial charge is 0.317 e. The Morgan fingerprint density at radius 1 is 1.70 bits per heavy atom. The van der Waals surface area contributed by atoms with Gasteiger partial charge in [0.2, 0.25) is 0 Å². The van der Waals surface area contributed by atoms with Gasteiger partial charge in [-0.3, -0.25) is 4.79 Å². The summed E-state index contributed by atoms with van der Waals surface area (Å²) in [6, 6.07) is 0. The molecule has 0 rings (SSSR count). The van der Waals surface area contributed by atoms with E-state index in [-0.39, 0.29) is 12.7 Å². The highest BCUT2D eigenvalue weighted by molar-refractivity contribution is 5.68. The lowest BCUT2D eigenvalue weighted by Gasteiger charge is -1.73.